The van der Waals surface area contributed by atoms with Crippen molar-refractivity contribution in [2.45, 2.75) is 97.4 Å². The quantitative estimate of drug-likeness (QED) is 0.167. The van der Waals surface area contributed by atoms with Crippen LogP contribution in [0.25, 0.3) is 22.2 Å². The molecule has 1 N–H and O–H groups in total. The maximum absolute atomic E-state index is 13.6. The summed E-state index contributed by atoms with van der Waals surface area (Å²) in [6.07, 6.45) is 5.03. The van der Waals surface area contributed by atoms with Gasteiger partial charge < -0.3 is 23.9 Å². The number of nitrogens with zero attached hydrogens (tertiary/aromatic N) is 2. The van der Waals surface area contributed by atoms with Crippen LogP contribution in [0.15, 0.2) is 29.2 Å². The smallest absolute Gasteiger partial charge is 0.387 e. The summed E-state index contributed by atoms with van der Waals surface area (Å²) in [7, 11) is -1.26. The van der Waals surface area contributed by atoms with Gasteiger partial charge in [0.2, 0.25) is 0 Å². The Labute approximate surface area is 228 Å². The first-order chi connectivity index (χ1) is 18.6. The molecule has 0 bridgehead atoms. The van der Waals surface area contributed by atoms with Crippen LogP contribution in [-0.4, -0.2) is 48.3 Å². The second kappa shape index (κ2) is 12.6. The molecular weight excluding hydrogens is 524 g/mol. The first-order valence-electron chi connectivity index (χ1n) is 13.7. The van der Waals surface area contributed by atoms with Crippen LogP contribution >= 0.6 is 0 Å². The molecule has 39 heavy (non-hydrogen) atoms. The lowest BCUT2D eigenvalue weighted by atomic mass is 10.1. The third-order valence-electron chi connectivity index (χ3n) is 6.76. The molecule has 0 amide bonds. The van der Waals surface area contributed by atoms with E-state index in [0.717, 1.165) is 31.7 Å². The van der Waals surface area contributed by atoms with Gasteiger partial charge >= 0.3 is 6.61 Å². The molecule has 11 heteroatoms. The Hall–Kier alpha value is -2.76. The molecule has 1 fully saturated rings. The molecule has 1 aliphatic carbocycles. The van der Waals surface area contributed by atoms with Gasteiger partial charge in [-0.3, -0.25) is 4.79 Å². The van der Waals surface area contributed by atoms with Crippen molar-refractivity contribution in [3.05, 3.63) is 40.3 Å². The van der Waals surface area contributed by atoms with E-state index in [-0.39, 0.29) is 42.6 Å². The molecule has 0 saturated heterocycles. The second-order valence-corrected chi connectivity index (χ2v) is 16.8. The number of alkyl halides is 2. The summed E-state index contributed by atoms with van der Waals surface area (Å²) < 4.78 is 50.0. The SMILES string of the molecule is CCC(CC)OCc1c(-c2ccc(OC(F)F)c(OC3CC3)c2)[nH]c2cnn(COCC[Si](C)(C)C)c(=O)c12. The van der Waals surface area contributed by atoms with E-state index in [9.17, 15) is 13.6 Å². The predicted octanol–water partition coefficient (Wildman–Crippen LogP) is 6.55. The first-order valence-corrected chi connectivity index (χ1v) is 17.4. The molecule has 8 nitrogen and oxygen atoms in total. The molecule has 1 saturated carbocycles. The summed E-state index contributed by atoms with van der Waals surface area (Å²) in [6, 6.07) is 5.81. The summed E-state index contributed by atoms with van der Waals surface area (Å²) >= 11 is 0. The number of nitrogens with one attached hydrogen (secondary N) is 1. The average molecular weight is 564 g/mol. The monoisotopic (exact) mass is 563 g/mol. The fraction of sp³-hybridized carbons (Fsp3) is 0.571. The van der Waals surface area contributed by atoms with Gasteiger partial charge in [-0.2, -0.15) is 13.9 Å². The third kappa shape index (κ3) is 7.67. The van der Waals surface area contributed by atoms with Gasteiger partial charge in [0, 0.05) is 25.8 Å². The normalized spacial score (nSPS) is 14.1. The fourth-order valence-electron chi connectivity index (χ4n) is 4.26. The lowest BCUT2D eigenvalue weighted by Crippen LogP contribution is -2.26. The van der Waals surface area contributed by atoms with E-state index in [1.165, 1.54) is 10.7 Å². The van der Waals surface area contributed by atoms with Crippen LogP contribution in [0, 0.1) is 0 Å². The van der Waals surface area contributed by atoms with E-state index in [0.29, 0.717) is 34.3 Å². The minimum absolute atomic E-state index is 0.0157. The van der Waals surface area contributed by atoms with E-state index in [1.807, 2.05) is 0 Å². The van der Waals surface area contributed by atoms with Crippen molar-refractivity contribution in [2.75, 3.05) is 6.61 Å². The van der Waals surface area contributed by atoms with E-state index in [2.05, 4.69) is 43.6 Å². The van der Waals surface area contributed by atoms with Crippen LogP contribution in [0.4, 0.5) is 8.78 Å². The Morgan fingerprint density at radius 3 is 2.54 bits per heavy atom. The summed E-state index contributed by atoms with van der Waals surface area (Å²) in [4.78, 5) is 16.9. The summed E-state index contributed by atoms with van der Waals surface area (Å²) in [5.41, 5.74) is 2.29. The first kappa shape index (κ1) is 29.2. The zero-order valence-corrected chi connectivity index (χ0v) is 24.4. The van der Waals surface area contributed by atoms with Crippen LogP contribution in [-0.2, 0) is 22.8 Å². The molecule has 0 spiro atoms. The Morgan fingerprint density at radius 2 is 1.90 bits per heavy atom. The number of hydrogen-bond acceptors (Lipinski definition) is 6. The topological polar surface area (TPSA) is 87.6 Å². The Kier molecular flexibility index (Phi) is 9.45. The zero-order valence-electron chi connectivity index (χ0n) is 23.4. The highest BCUT2D eigenvalue weighted by atomic mass is 28.3. The second-order valence-electron chi connectivity index (χ2n) is 11.2. The van der Waals surface area contributed by atoms with Crippen LogP contribution < -0.4 is 15.0 Å². The lowest BCUT2D eigenvalue weighted by molar-refractivity contribution is -0.0516. The number of benzene rings is 1. The largest absolute Gasteiger partial charge is 0.487 e. The van der Waals surface area contributed by atoms with Gasteiger partial charge in [0.05, 0.1) is 41.6 Å². The van der Waals surface area contributed by atoms with Gasteiger partial charge in [0.25, 0.3) is 5.56 Å². The van der Waals surface area contributed by atoms with Crippen LogP contribution in [0.3, 0.4) is 0 Å². The molecule has 0 unspecified atom stereocenters. The van der Waals surface area contributed by atoms with E-state index >= 15 is 0 Å². The minimum atomic E-state index is -2.97. The van der Waals surface area contributed by atoms with Gasteiger partial charge in [-0.05, 0) is 49.9 Å². The van der Waals surface area contributed by atoms with Crippen LogP contribution in [0.1, 0.15) is 45.1 Å². The van der Waals surface area contributed by atoms with Crippen LogP contribution in [0.2, 0.25) is 25.7 Å². The maximum Gasteiger partial charge on any atom is 0.387 e. The Morgan fingerprint density at radius 1 is 1.15 bits per heavy atom. The molecule has 0 aliphatic heterocycles. The standard InChI is InChI=1S/C28H39F2N3O5Si/c1-6-19(7-2)36-16-21-25-22(15-31-33(27(25)34)17-35-12-13-39(3,4)5)32-26(21)18-8-11-23(38-28(29)30)24(14-18)37-20-9-10-20/h8,11,14-15,19-20,28,32H,6-7,9-10,12-13,16-17H2,1-5H3. The van der Waals surface area contributed by atoms with Crippen molar-refractivity contribution in [1.82, 2.24) is 14.8 Å². The molecule has 4 rings (SSSR count). The van der Waals surface area contributed by atoms with Crippen molar-refractivity contribution in [1.29, 1.82) is 0 Å². The molecule has 2 heterocycles. The number of aromatic nitrogens is 3. The van der Waals surface area contributed by atoms with Crippen molar-refractivity contribution in [2.24, 2.45) is 0 Å². The van der Waals surface area contributed by atoms with Crippen molar-refractivity contribution < 1.29 is 27.7 Å². The fourth-order valence-corrected chi connectivity index (χ4v) is 5.02. The molecule has 1 aliphatic rings. The van der Waals surface area contributed by atoms with Gasteiger partial charge in [0.15, 0.2) is 11.5 Å². The predicted molar refractivity (Wildman–Crippen MR) is 149 cm³/mol. The molecule has 1 aromatic carbocycles. The third-order valence-corrected chi connectivity index (χ3v) is 8.46. The zero-order chi connectivity index (χ0) is 28.2. The highest BCUT2D eigenvalue weighted by molar-refractivity contribution is 6.76. The number of rotatable bonds is 15. The number of hydrogen-bond donors (Lipinski definition) is 1. The number of ether oxygens (including phenoxy) is 4. The summed E-state index contributed by atoms with van der Waals surface area (Å²) in [6.45, 7) is 8.80. The summed E-state index contributed by atoms with van der Waals surface area (Å²) in [5.74, 6) is 0.221. The Balaban J connectivity index is 1.73. The lowest BCUT2D eigenvalue weighted by Gasteiger charge is -2.16. The Bertz CT molecular complexity index is 1310. The van der Waals surface area contributed by atoms with Crippen LogP contribution in [0.5, 0.6) is 11.5 Å². The molecule has 0 radical (unpaired) electrons. The highest BCUT2D eigenvalue weighted by Crippen LogP contribution is 2.39. The van der Waals surface area contributed by atoms with Crippen molar-refractivity contribution in [3.63, 3.8) is 0 Å². The molecule has 3 aromatic rings. The highest BCUT2D eigenvalue weighted by Gasteiger charge is 2.27. The van der Waals surface area contributed by atoms with Gasteiger partial charge in [-0.1, -0.05) is 33.5 Å². The van der Waals surface area contributed by atoms with E-state index < -0.39 is 14.7 Å². The minimum Gasteiger partial charge on any atom is -0.487 e. The molecule has 0 atom stereocenters. The van der Waals surface area contributed by atoms with Crippen molar-refractivity contribution >= 4 is 19.0 Å². The maximum atomic E-state index is 13.6. The van der Waals surface area contributed by atoms with Gasteiger partial charge in [0.1, 0.15) is 6.73 Å². The molecule has 214 valence electrons. The van der Waals surface area contributed by atoms with Crippen molar-refractivity contribution in [3.8, 4) is 22.8 Å². The van der Waals surface area contributed by atoms with Gasteiger partial charge in [-0.25, -0.2) is 4.68 Å². The van der Waals surface area contributed by atoms with E-state index in [1.54, 1.807) is 18.3 Å². The van der Waals surface area contributed by atoms with E-state index in [4.69, 9.17) is 18.9 Å². The van der Waals surface area contributed by atoms with Gasteiger partial charge in [-0.15, -0.1) is 0 Å². The number of halogens is 2. The number of fused-ring (bicyclic) bond motifs is 1. The molecular formula is C28H39F2N3O5Si. The number of H-pyrrole nitrogens is 1. The number of aromatic amines is 1. The summed E-state index contributed by atoms with van der Waals surface area (Å²) in [5, 5.41) is 4.79. The molecule has 2 aromatic heterocycles. The average Bonchev–Trinajstić information content (AvgIpc) is 3.62.